The van der Waals surface area contributed by atoms with E-state index in [4.69, 9.17) is 16.3 Å². The van der Waals surface area contributed by atoms with E-state index in [0.717, 1.165) is 0 Å². The van der Waals surface area contributed by atoms with Crippen molar-refractivity contribution in [3.8, 4) is 0 Å². The fraction of sp³-hybridized carbons (Fsp3) is 0.533. The Balaban J connectivity index is 1.79. The minimum atomic E-state index is -0.488. The van der Waals surface area contributed by atoms with Crippen LogP contribution in [0.3, 0.4) is 0 Å². The molecule has 1 heterocycles. The van der Waals surface area contributed by atoms with Crippen LogP contribution in [0, 0.1) is 5.82 Å². The lowest BCUT2D eigenvalue weighted by Crippen LogP contribution is -2.60. The smallest absolute Gasteiger partial charge is 0.410 e. The van der Waals surface area contributed by atoms with E-state index in [1.807, 2.05) is 20.8 Å². The molecule has 1 fully saturated rings. The van der Waals surface area contributed by atoms with Gasteiger partial charge in [0.1, 0.15) is 11.4 Å². The van der Waals surface area contributed by atoms with Crippen molar-refractivity contribution in [3.63, 3.8) is 0 Å². The second kappa shape index (κ2) is 6.72. The Morgan fingerprint density at radius 2 is 2.14 bits per heavy atom. The molecule has 0 aromatic heterocycles. The molecule has 0 bridgehead atoms. The van der Waals surface area contributed by atoms with E-state index in [-0.39, 0.29) is 18.0 Å². The van der Waals surface area contributed by atoms with Crippen LogP contribution in [-0.2, 0) is 11.3 Å². The van der Waals surface area contributed by atoms with Crippen LogP contribution >= 0.6 is 27.5 Å². The Labute approximate surface area is 143 Å². The maximum Gasteiger partial charge on any atom is 0.410 e. The second-order valence-corrected chi connectivity index (χ2v) is 7.58. The number of rotatable bonds is 3. The number of hydrogen-bond acceptors (Lipinski definition) is 3. The molecule has 1 aliphatic rings. The average Bonchev–Trinajstić information content (AvgIpc) is 2.31. The van der Waals surface area contributed by atoms with Gasteiger partial charge in [0.25, 0.3) is 0 Å². The molecular formula is C15H19BrClFN2O2. The second-order valence-electron chi connectivity index (χ2n) is 6.32. The highest BCUT2D eigenvalue weighted by Crippen LogP contribution is 2.25. The molecule has 1 saturated heterocycles. The van der Waals surface area contributed by atoms with Gasteiger partial charge in [-0.2, -0.15) is 0 Å². The number of hydrogen-bond donors (Lipinski definition) is 1. The number of carbonyl (C=O) groups excluding carboxylic acids is 1. The van der Waals surface area contributed by atoms with Gasteiger partial charge in [-0.3, -0.25) is 0 Å². The van der Waals surface area contributed by atoms with Crippen molar-refractivity contribution in [1.82, 2.24) is 10.2 Å². The highest BCUT2D eigenvalue weighted by atomic mass is 79.9. The Bertz CT molecular complexity index is 571. The Morgan fingerprint density at radius 3 is 2.73 bits per heavy atom. The van der Waals surface area contributed by atoms with E-state index >= 15 is 0 Å². The molecule has 1 aromatic rings. The van der Waals surface area contributed by atoms with E-state index in [1.54, 1.807) is 11.0 Å². The van der Waals surface area contributed by atoms with Gasteiger partial charge in [-0.05, 0) is 54.4 Å². The summed E-state index contributed by atoms with van der Waals surface area (Å²) in [5.74, 6) is -0.342. The van der Waals surface area contributed by atoms with Crippen molar-refractivity contribution >= 4 is 33.6 Å². The molecule has 0 atom stereocenters. The van der Waals surface area contributed by atoms with Crippen LogP contribution in [0.5, 0.6) is 0 Å². The summed E-state index contributed by atoms with van der Waals surface area (Å²) in [6.07, 6.45) is -0.307. The van der Waals surface area contributed by atoms with Gasteiger partial charge >= 0.3 is 6.09 Å². The quantitative estimate of drug-likeness (QED) is 0.791. The van der Waals surface area contributed by atoms with Crippen LogP contribution in [-0.4, -0.2) is 35.7 Å². The van der Waals surface area contributed by atoms with Gasteiger partial charge in [-0.1, -0.05) is 11.6 Å². The first-order chi connectivity index (χ1) is 10.2. The molecule has 1 amide bonds. The molecule has 2 rings (SSSR count). The number of nitrogens with one attached hydrogen (secondary N) is 1. The molecule has 0 spiro atoms. The van der Waals surface area contributed by atoms with E-state index in [2.05, 4.69) is 21.2 Å². The summed E-state index contributed by atoms with van der Waals surface area (Å²) < 4.78 is 19.1. The summed E-state index contributed by atoms with van der Waals surface area (Å²) >= 11 is 9.17. The summed E-state index contributed by atoms with van der Waals surface area (Å²) in [7, 11) is 0. The van der Waals surface area contributed by atoms with Gasteiger partial charge in [-0.15, -0.1) is 0 Å². The van der Waals surface area contributed by atoms with E-state index in [1.165, 1.54) is 6.07 Å². The van der Waals surface area contributed by atoms with Crippen molar-refractivity contribution in [2.24, 2.45) is 0 Å². The lowest BCUT2D eigenvalue weighted by atomic mass is 10.1. The van der Waals surface area contributed by atoms with Gasteiger partial charge < -0.3 is 15.0 Å². The first kappa shape index (κ1) is 17.5. The van der Waals surface area contributed by atoms with Gasteiger partial charge in [0.15, 0.2) is 0 Å². The predicted octanol–water partition coefficient (Wildman–Crippen LogP) is 3.95. The minimum absolute atomic E-state index is 0.162. The van der Waals surface area contributed by atoms with Gasteiger partial charge in [0.05, 0.1) is 4.47 Å². The number of halogens is 3. The SMILES string of the molecule is CC(C)(C)OC(=O)N1CC(NCc2cc(F)c(Br)cc2Cl)C1. The molecular weight excluding hydrogens is 375 g/mol. The maximum atomic E-state index is 13.5. The fourth-order valence-electron chi connectivity index (χ4n) is 2.04. The summed E-state index contributed by atoms with van der Waals surface area (Å²) in [5.41, 5.74) is 0.205. The number of ether oxygens (including phenoxy) is 1. The van der Waals surface area contributed by atoms with Crippen LogP contribution in [0.2, 0.25) is 5.02 Å². The first-order valence-corrected chi connectivity index (χ1v) is 8.17. The fourth-order valence-corrected chi connectivity index (χ4v) is 2.74. The van der Waals surface area contributed by atoms with E-state index in [0.29, 0.717) is 34.7 Å². The van der Waals surface area contributed by atoms with Crippen LogP contribution < -0.4 is 5.32 Å². The lowest BCUT2D eigenvalue weighted by molar-refractivity contribution is 0.00519. The van der Waals surface area contributed by atoms with Crippen molar-refractivity contribution in [2.75, 3.05) is 13.1 Å². The molecule has 0 saturated carbocycles. The molecule has 0 unspecified atom stereocenters. The number of amides is 1. The Hall–Kier alpha value is -0.850. The van der Waals surface area contributed by atoms with Crippen LogP contribution in [0.1, 0.15) is 26.3 Å². The van der Waals surface area contributed by atoms with Gasteiger partial charge in [-0.25, -0.2) is 9.18 Å². The number of likely N-dealkylation sites (tertiary alicyclic amines) is 1. The van der Waals surface area contributed by atoms with Crippen LogP contribution in [0.15, 0.2) is 16.6 Å². The zero-order valence-electron chi connectivity index (χ0n) is 12.8. The summed E-state index contributed by atoms with van der Waals surface area (Å²) in [4.78, 5) is 13.4. The Morgan fingerprint density at radius 1 is 1.50 bits per heavy atom. The minimum Gasteiger partial charge on any atom is -0.444 e. The van der Waals surface area contributed by atoms with E-state index in [9.17, 15) is 9.18 Å². The predicted molar refractivity (Wildman–Crippen MR) is 87.5 cm³/mol. The monoisotopic (exact) mass is 392 g/mol. The summed E-state index contributed by atoms with van der Waals surface area (Å²) in [6, 6.07) is 3.11. The third kappa shape index (κ3) is 4.57. The van der Waals surface area contributed by atoms with Crippen molar-refractivity contribution in [3.05, 3.63) is 33.0 Å². The number of carbonyl (C=O) groups is 1. The van der Waals surface area contributed by atoms with Crippen molar-refractivity contribution < 1.29 is 13.9 Å². The molecule has 1 aromatic carbocycles. The third-order valence-corrected chi connectivity index (χ3v) is 4.16. The maximum absolute atomic E-state index is 13.5. The molecule has 1 N–H and O–H groups in total. The highest BCUT2D eigenvalue weighted by Gasteiger charge is 2.33. The molecule has 4 nitrogen and oxygen atoms in total. The molecule has 7 heteroatoms. The van der Waals surface area contributed by atoms with Crippen molar-refractivity contribution in [1.29, 1.82) is 0 Å². The molecule has 0 aliphatic carbocycles. The van der Waals surface area contributed by atoms with Crippen LogP contribution in [0.4, 0.5) is 9.18 Å². The lowest BCUT2D eigenvalue weighted by Gasteiger charge is -2.40. The van der Waals surface area contributed by atoms with Crippen molar-refractivity contribution in [2.45, 2.75) is 39.0 Å². The average molecular weight is 394 g/mol. The molecule has 1 aliphatic heterocycles. The third-order valence-electron chi connectivity index (χ3n) is 3.20. The highest BCUT2D eigenvalue weighted by molar-refractivity contribution is 9.10. The Kier molecular flexibility index (Phi) is 5.35. The zero-order chi connectivity index (χ0) is 16.5. The summed E-state index contributed by atoms with van der Waals surface area (Å²) in [5, 5.41) is 3.76. The standard InChI is InChI=1S/C15H19BrClFN2O2/c1-15(2,3)22-14(21)20-7-10(8-20)19-6-9-4-13(18)11(16)5-12(9)17/h4-5,10,19H,6-8H2,1-3H3. The van der Waals surface area contributed by atoms with Gasteiger partial charge in [0.2, 0.25) is 0 Å². The largest absolute Gasteiger partial charge is 0.444 e. The molecule has 122 valence electrons. The van der Waals surface area contributed by atoms with E-state index < -0.39 is 5.60 Å². The number of benzene rings is 1. The number of nitrogens with zero attached hydrogens (tertiary/aromatic N) is 1. The van der Waals surface area contributed by atoms with Gasteiger partial charge in [0, 0.05) is 30.7 Å². The zero-order valence-corrected chi connectivity index (χ0v) is 15.1. The topological polar surface area (TPSA) is 41.6 Å². The molecule has 0 radical (unpaired) electrons. The van der Waals surface area contributed by atoms with Crippen LogP contribution in [0.25, 0.3) is 0 Å². The summed E-state index contributed by atoms with van der Waals surface area (Å²) in [6.45, 7) is 7.12. The first-order valence-electron chi connectivity index (χ1n) is 7.00. The normalized spacial score (nSPS) is 15.6. The molecule has 22 heavy (non-hydrogen) atoms.